The van der Waals surface area contributed by atoms with Crippen LogP contribution in [0.3, 0.4) is 0 Å². The lowest BCUT2D eigenvalue weighted by molar-refractivity contribution is 0.645. The highest BCUT2D eigenvalue weighted by atomic mass is 79.9. The van der Waals surface area contributed by atoms with E-state index in [1.54, 1.807) is 0 Å². The van der Waals surface area contributed by atoms with Crippen LogP contribution in [0.2, 0.25) is 0 Å². The van der Waals surface area contributed by atoms with Gasteiger partial charge >= 0.3 is 0 Å². The van der Waals surface area contributed by atoms with Crippen LogP contribution in [0.5, 0.6) is 0 Å². The van der Waals surface area contributed by atoms with E-state index < -0.39 is 0 Å². The maximum Gasteiger partial charge on any atom is 0.0627 e. The lowest BCUT2D eigenvalue weighted by Gasteiger charge is -2.06. The Kier molecular flexibility index (Phi) is 4.29. The molecule has 0 bridgehead atoms. The minimum atomic E-state index is 0.639. The zero-order valence-electron chi connectivity index (χ0n) is 7.00. The minimum Gasteiger partial charge on any atom is -0.276 e. The molecule has 0 fully saturated rings. The number of rotatable bonds is 4. The number of nitrogens with zero attached hydrogens (tertiary/aromatic N) is 2. The van der Waals surface area contributed by atoms with Gasteiger partial charge in [0.1, 0.15) is 0 Å². The third-order valence-electron chi connectivity index (χ3n) is 1.70. The van der Waals surface area contributed by atoms with E-state index in [0.29, 0.717) is 5.92 Å². The third kappa shape index (κ3) is 2.90. The zero-order valence-corrected chi connectivity index (χ0v) is 10.2. The molecule has 0 aliphatic heterocycles. The summed E-state index contributed by atoms with van der Waals surface area (Å²) in [6.45, 7) is 0. The van der Waals surface area contributed by atoms with Crippen LogP contribution in [-0.4, -0.2) is 20.4 Å². The van der Waals surface area contributed by atoms with Crippen molar-refractivity contribution in [3.63, 3.8) is 0 Å². The van der Waals surface area contributed by atoms with Crippen LogP contribution >= 0.6 is 31.9 Å². The molecule has 0 saturated carbocycles. The second-order valence-electron chi connectivity index (χ2n) is 2.86. The summed E-state index contributed by atoms with van der Waals surface area (Å²) in [5.74, 6) is 0.639. The molecular formula is C8H12Br2N2. The third-order valence-corrected chi connectivity index (χ3v) is 3.53. The lowest BCUT2D eigenvalue weighted by atomic mass is 10.1. The van der Waals surface area contributed by atoms with Crippen molar-refractivity contribution < 1.29 is 0 Å². The molecule has 0 aliphatic carbocycles. The summed E-state index contributed by atoms with van der Waals surface area (Å²) < 4.78 is 1.84. The molecule has 0 atom stereocenters. The highest BCUT2D eigenvalue weighted by Crippen LogP contribution is 2.11. The van der Waals surface area contributed by atoms with E-state index in [1.165, 1.54) is 5.69 Å². The smallest absolute Gasteiger partial charge is 0.0627 e. The molecule has 0 saturated heterocycles. The van der Waals surface area contributed by atoms with Crippen molar-refractivity contribution in [2.24, 2.45) is 13.0 Å². The molecule has 1 aromatic rings. The van der Waals surface area contributed by atoms with Crippen LogP contribution in [0.25, 0.3) is 0 Å². The molecule has 4 heteroatoms. The Balaban J connectivity index is 2.50. The van der Waals surface area contributed by atoms with E-state index in [4.69, 9.17) is 0 Å². The van der Waals surface area contributed by atoms with Gasteiger partial charge in [-0.3, -0.25) is 4.68 Å². The van der Waals surface area contributed by atoms with Gasteiger partial charge in [-0.05, 0) is 18.4 Å². The van der Waals surface area contributed by atoms with E-state index in [2.05, 4.69) is 43.0 Å². The fourth-order valence-electron chi connectivity index (χ4n) is 1.02. The first-order valence-electron chi connectivity index (χ1n) is 3.86. The second kappa shape index (κ2) is 5.02. The molecule has 12 heavy (non-hydrogen) atoms. The van der Waals surface area contributed by atoms with E-state index in [9.17, 15) is 0 Å². The van der Waals surface area contributed by atoms with E-state index >= 15 is 0 Å². The van der Waals surface area contributed by atoms with Crippen molar-refractivity contribution in [2.75, 3.05) is 10.7 Å². The topological polar surface area (TPSA) is 17.8 Å². The molecular weight excluding hydrogens is 284 g/mol. The molecule has 0 spiro atoms. The number of hydrogen-bond acceptors (Lipinski definition) is 1. The Morgan fingerprint density at radius 2 is 2.17 bits per heavy atom. The molecule has 2 nitrogen and oxygen atoms in total. The van der Waals surface area contributed by atoms with Crippen molar-refractivity contribution in [2.45, 2.75) is 6.42 Å². The molecule has 0 amide bonds. The highest BCUT2D eigenvalue weighted by molar-refractivity contribution is 9.09. The fraction of sp³-hybridized carbons (Fsp3) is 0.625. The monoisotopic (exact) mass is 294 g/mol. The van der Waals surface area contributed by atoms with E-state index in [-0.39, 0.29) is 0 Å². The number of aromatic nitrogens is 2. The first-order valence-corrected chi connectivity index (χ1v) is 6.11. The predicted octanol–water partition coefficient (Wildman–Crippen LogP) is 2.37. The molecule has 1 aromatic heterocycles. The van der Waals surface area contributed by atoms with Gasteiger partial charge in [0.05, 0.1) is 5.69 Å². The van der Waals surface area contributed by atoms with Gasteiger partial charge < -0.3 is 0 Å². The SMILES string of the molecule is Cn1ccc(CC(CBr)CBr)n1. The van der Waals surface area contributed by atoms with Crippen LogP contribution < -0.4 is 0 Å². The van der Waals surface area contributed by atoms with Crippen LogP contribution in [0.15, 0.2) is 12.3 Å². The van der Waals surface area contributed by atoms with Gasteiger partial charge in [-0.15, -0.1) is 0 Å². The highest BCUT2D eigenvalue weighted by Gasteiger charge is 2.07. The van der Waals surface area contributed by atoms with Crippen LogP contribution in [0, 0.1) is 5.92 Å². The maximum absolute atomic E-state index is 4.32. The molecule has 68 valence electrons. The Bertz CT molecular complexity index is 231. The summed E-state index contributed by atoms with van der Waals surface area (Å²) in [4.78, 5) is 0. The van der Waals surface area contributed by atoms with Gasteiger partial charge in [0.15, 0.2) is 0 Å². The number of hydrogen-bond donors (Lipinski definition) is 0. The predicted molar refractivity (Wildman–Crippen MR) is 58.0 cm³/mol. The molecule has 0 unspecified atom stereocenters. The molecule has 1 heterocycles. The van der Waals surface area contributed by atoms with Gasteiger partial charge in [-0.1, -0.05) is 31.9 Å². The molecule has 0 N–H and O–H groups in total. The normalized spacial score (nSPS) is 11.0. The Morgan fingerprint density at radius 1 is 1.50 bits per heavy atom. The summed E-state index contributed by atoms with van der Waals surface area (Å²) in [6.07, 6.45) is 3.02. The number of alkyl halides is 2. The van der Waals surface area contributed by atoms with Gasteiger partial charge in [-0.2, -0.15) is 5.10 Å². The quantitative estimate of drug-likeness (QED) is 0.780. The lowest BCUT2D eigenvalue weighted by Crippen LogP contribution is -2.08. The maximum atomic E-state index is 4.32. The standard InChI is InChI=1S/C8H12Br2N2/c1-12-3-2-8(11-12)4-7(5-9)6-10/h2-3,7H,4-6H2,1H3. The van der Waals surface area contributed by atoms with Crippen molar-refractivity contribution in [1.29, 1.82) is 0 Å². The van der Waals surface area contributed by atoms with Gasteiger partial charge in [-0.25, -0.2) is 0 Å². The molecule has 0 aliphatic rings. The van der Waals surface area contributed by atoms with E-state index in [0.717, 1.165) is 17.1 Å². The van der Waals surface area contributed by atoms with Gasteiger partial charge in [0, 0.05) is 23.9 Å². The number of aryl methyl sites for hydroxylation is 1. The van der Waals surface area contributed by atoms with Gasteiger partial charge in [0.2, 0.25) is 0 Å². The van der Waals surface area contributed by atoms with Crippen LogP contribution in [0.1, 0.15) is 5.69 Å². The summed E-state index contributed by atoms with van der Waals surface area (Å²) >= 11 is 6.95. The van der Waals surface area contributed by atoms with Crippen molar-refractivity contribution in [1.82, 2.24) is 9.78 Å². The second-order valence-corrected chi connectivity index (χ2v) is 4.15. The summed E-state index contributed by atoms with van der Waals surface area (Å²) in [7, 11) is 1.95. The zero-order chi connectivity index (χ0) is 8.97. The Labute approximate surface area is 89.6 Å². The molecule has 0 radical (unpaired) electrons. The Hall–Kier alpha value is 0.170. The first-order chi connectivity index (χ1) is 5.76. The average Bonchev–Trinajstić information content (AvgIpc) is 2.47. The molecule has 0 aromatic carbocycles. The van der Waals surface area contributed by atoms with Crippen molar-refractivity contribution in [3.8, 4) is 0 Å². The average molecular weight is 296 g/mol. The van der Waals surface area contributed by atoms with Crippen molar-refractivity contribution in [3.05, 3.63) is 18.0 Å². The van der Waals surface area contributed by atoms with E-state index in [1.807, 2.05) is 17.9 Å². The number of halogens is 2. The summed E-state index contributed by atoms with van der Waals surface area (Å²) in [5, 5.41) is 6.37. The van der Waals surface area contributed by atoms with Crippen molar-refractivity contribution >= 4 is 31.9 Å². The van der Waals surface area contributed by atoms with Crippen LogP contribution in [0.4, 0.5) is 0 Å². The largest absolute Gasteiger partial charge is 0.276 e. The summed E-state index contributed by atoms with van der Waals surface area (Å²) in [5.41, 5.74) is 1.17. The van der Waals surface area contributed by atoms with Crippen LogP contribution in [-0.2, 0) is 13.5 Å². The Morgan fingerprint density at radius 3 is 2.58 bits per heavy atom. The van der Waals surface area contributed by atoms with Gasteiger partial charge in [0.25, 0.3) is 0 Å². The molecule has 1 rings (SSSR count). The summed E-state index contributed by atoms with van der Waals surface area (Å²) in [6, 6.07) is 2.07. The minimum absolute atomic E-state index is 0.639. The fourth-order valence-corrected chi connectivity index (χ4v) is 2.55. The first kappa shape index (κ1) is 10.3.